The van der Waals surface area contributed by atoms with Gasteiger partial charge in [-0.1, -0.05) is 53.7 Å². The third-order valence-electron chi connectivity index (χ3n) is 3.73. The summed E-state index contributed by atoms with van der Waals surface area (Å²) < 4.78 is 1.99. The van der Waals surface area contributed by atoms with E-state index in [1.165, 1.54) is 22.3 Å². The summed E-state index contributed by atoms with van der Waals surface area (Å²) in [5.41, 5.74) is 7.11. The number of hydrogen-bond donors (Lipinski definition) is 0. The summed E-state index contributed by atoms with van der Waals surface area (Å²) in [5, 5.41) is 8.68. The van der Waals surface area contributed by atoms with Gasteiger partial charge in [-0.05, 0) is 18.1 Å². The van der Waals surface area contributed by atoms with Crippen molar-refractivity contribution < 1.29 is 0 Å². The lowest BCUT2D eigenvalue weighted by atomic mass is 10.0. The van der Waals surface area contributed by atoms with Gasteiger partial charge in [-0.3, -0.25) is 0 Å². The van der Waals surface area contributed by atoms with E-state index in [0.717, 1.165) is 17.9 Å². The summed E-state index contributed by atoms with van der Waals surface area (Å²) in [6.07, 6.45) is 0. The molecule has 3 heteroatoms. The van der Waals surface area contributed by atoms with Crippen molar-refractivity contribution in [1.29, 1.82) is 0 Å². The molecule has 0 radical (unpaired) electrons. The monoisotopic (exact) mass is 247 g/mol. The molecule has 2 heterocycles. The van der Waals surface area contributed by atoms with Crippen molar-refractivity contribution >= 4 is 0 Å². The quantitative estimate of drug-likeness (QED) is 0.517. The number of nitrogens with zero attached hydrogens (tertiary/aromatic N) is 3. The Balaban J connectivity index is 1.98. The summed E-state index contributed by atoms with van der Waals surface area (Å²) in [7, 11) is 0. The molecule has 3 aromatic rings. The lowest BCUT2D eigenvalue weighted by molar-refractivity contribution is 0.675. The van der Waals surface area contributed by atoms with Crippen LogP contribution in [0.1, 0.15) is 11.1 Å². The van der Waals surface area contributed by atoms with Crippen molar-refractivity contribution in [2.45, 2.75) is 13.5 Å². The first-order chi connectivity index (χ1) is 9.34. The average molecular weight is 247 g/mol. The van der Waals surface area contributed by atoms with Gasteiger partial charge in [0, 0.05) is 11.1 Å². The van der Waals surface area contributed by atoms with Gasteiger partial charge < -0.3 is 0 Å². The van der Waals surface area contributed by atoms with E-state index in [-0.39, 0.29) is 0 Å². The summed E-state index contributed by atoms with van der Waals surface area (Å²) in [6, 6.07) is 16.8. The second-order valence-electron chi connectivity index (χ2n) is 4.92. The predicted molar refractivity (Wildman–Crippen MR) is 74.7 cm³/mol. The van der Waals surface area contributed by atoms with Crippen LogP contribution in [-0.2, 0) is 6.54 Å². The SMILES string of the molecule is Cc1ccccc1-c1nnn2c1-c1ccccc1C2. The topological polar surface area (TPSA) is 30.7 Å². The molecule has 0 bridgehead atoms. The molecule has 0 aliphatic carbocycles. The summed E-state index contributed by atoms with van der Waals surface area (Å²) in [5.74, 6) is 0. The first-order valence-electron chi connectivity index (χ1n) is 6.42. The second kappa shape index (κ2) is 3.79. The average Bonchev–Trinajstić information content (AvgIpc) is 2.98. The highest BCUT2D eigenvalue weighted by molar-refractivity contribution is 5.82. The third kappa shape index (κ3) is 1.45. The summed E-state index contributed by atoms with van der Waals surface area (Å²) in [4.78, 5) is 0. The molecule has 1 aliphatic heterocycles. The maximum atomic E-state index is 4.38. The highest BCUT2D eigenvalue weighted by Gasteiger charge is 2.25. The zero-order valence-electron chi connectivity index (χ0n) is 10.7. The Morgan fingerprint density at radius 3 is 2.53 bits per heavy atom. The Bertz CT molecular complexity index is 771. The van der Waals surface area contributed by atoms with Crippen LogP contribution < -0.4 is 0 Å². The van der Waals surface area contributed by atoms with E-state index < -0.39 is 0 Å². The second-order valence-corrected chi connectivity index (χ2v) is 4.92. The fourth-order valence-electron chi connectivity index (χ4n) is 2.76. The van der Waals surface area contributed by atoms with Gasteiger partial charge in [-0.25, -0.2) is 4.68 Å². The number of benzene rings is 2. The van der Waals surface area contributed by atoms with Gasteiger partial charge >= 0.3 is 0 Å². The van der Waals surface area contributed by atoms with Gasteiger partial charge in [0.1, 0.15) is 5.69 Å². The largest absolute Gasteiger partial charge is 0.240 e. The normalized spacial score (nSPS) is 12.3. The van der Waals surface area contributed by atoms with Crippen molar-refractivity contribution in [3.05, 3.63) is 59.7 Å². The lowest BCUT2D eigenvalue weighted by Crippen LogP contribution is -1.94. The predicted octanol–water partition coefficient (Wildman–Crippen LogP) is 3.28. The summed E-state index contributed by atoms with van der Waals surface area (Å²) >= 11 is 0. The van der Waals surface area contributed by atoms with Gasteiger partial charge in [0.05, 0.1) is 12.2 Å². The van der Waals surface area contributed by atoms with E-state index in [2.05, 4.69) is 65.8 Å². The maximum Gasteiger partial charge on any atom is 0.121 e. The molecule has 3 nitrogen and oxygen atoms in total. The molecule has 92 valence electrons. The molecule has 2 aromatic carbocycles. The molecule has 0 amide bonds. The van der Waals surface area contributed by atoms with Crippen molar-refractivity contribution in [3.63, 3.8) is 0 Å². The van der Waals surface area contributed by atoms with Gasteiger partial charge in [-0.15, -0.1) is 5.10 Å². The molecule has 0 N–H and O–H groups in total. The van der Waals surface area contributed by atoms with Crippen LogP contribution in [0.3, 0.4) is 0 Å². The van der Waals surface area contributed by atoms with E-state index in [0.29, 0.717) is 0 Å². The van der Waals surface area contributed by atoms with E-state index in [1.807, 2.05) is 4.68 Å². The molecular formula is C16H13N3. The van der Waals surface area contributed by atoms with Crippen LogP contribution >= 0.6 is 0 Å². The number of aromatic nitrogens is 3. The molecule has 19 heavy (non-hydrogen) atoms. The van der Waals surface area contributed by atoms with Crippen LogP contribution in [-0.4, -0.2) is 15.0 Å². The number of fused-ring (bicyclic) bond motifs is 3. The zero-order chi connectivity index (χ0) is 12.8. The third-order valence-corrected chi connectivity index (χ3v) is 3.73. The van der Waals surface area contributed by atoms with Crippen LogP contribution in [0, 0.1) is 6.92 Å². The van der Waals surface area contributed by atoms with Crippen LogP contribution in [0.25, 0.3) is 22.5 Å². The molecule has 1 aromatic heterocycles. The Morgan fingerprint density at radius 1 is 0.947 bits per heavy atom. The fourth-order valence-corrected chi connectivity index (χ4v) is 2.76. The molecule has 0 fully saturated rings. The Kier molecular flexibility index (Phi) is 2.09. The minimum atomic E-state index is 0.824. The first-order valence-corrected chi connectivity index (χ1v) is 6.42. The maximum absolute atomic E-state index is 4.38. The Labute approximate surface area is 111 Å². The molecule has 0 atom stereocenters. The highest BCUT2D eigenvalue weighted by Crippen LogP contribution is 2.38. The molecule has 0 spiro atoms. The van der Waals surface area contributed by atoms with Crippen LogP contribution in [0.15, 0.2) is 48.5 Å². The van der Waals surface area contributed by atoms with Gasteiger partial charge in [0.25, 0.3) is 0 Å². The molecule has 4 rings (SSSR count). The molecular weight excluding hydrogens is 234 g/mol. The van der Waals surface area contributed by atoms with Crippen LogP contribution in [0.5, 0.6) is 0 Å². The lowest BCUT2D eigenvalue weighted by Gasteiger charge is -2.04. The Morgan fingerprint density at radius 2 is 1.68 bits per heavy atom. The standard InChI is InChI=1S/C16H13N3/c1-11-6-2-4-8-13(11)15-16-14-9-5-3-7-12(14)10-19(16)18-17-15/h2-9H,10H2,1H3. The van der Waals surface area contributed by atoms with Crippen molar-refractivity contribution in [1.82, 2.24) is 15.0 Å². The Hall–Kier alpha value is -2.42. The van der Waals surface area contributed by atoms with Crippen LogP contribution in [0.2, 0.25) is 0 Å². The smallest absolute Gasteiger partial charge is 0.121 e. The van der Waals surface area contributed by atoms with Gasteiger partial charge in [0.15, 0.2) is 0 Å². The molecule has 0 unspecified atom stereocenters. The minimum absolute atomic E-state index is 0.824. The van der Waals surface area contributed by atoms with Crippen LogP contribution in [0.4, 0.5) is 0 Å². The van der Waals surface area contributed by atoms with E-state index in [4.69, 9.17) is 0 Å². The van der Waals surface area contributed by atoms with E-state index in [9.17, 15) is 0 Å². The van der Waals surface area contributed by atoms with Gasteiger partial charge in [0.2, 0.25) is 0 Å². The van der Waals surface area contributed by atoms with E-state index in [1.54, 1.807) is 0 Å². The summed E-state index contributed by atoms with van der Waals surface area (Å²) in [6.45, 7) is 2.94. The highest BCUT2D eigenvalue weighted by atomic mass is 15.4. The van der Waals surface area contributed by atoms with Crippen molar-refractivity contribution in [2.75, 3.05) is 0 Å². The molecule has 0 saturated heterocycles. The fraction of sp³-hybridized carbons (Fsp3) is 0.125. The number of aryl methyl sites for hydroxylation is 1. The minimum Gasteiger partial charge on any atom is -0.240 e. The zero-order valence-corrected chi connectivity index (χ0v) is 10.7. The van der Waals surface area contributed by atoms with Crippen molar-refractivity contribution in [2.24, 2.45) is 0 Å². The van der Waals surface area contributed by atoms with Crippen molar-refractivity contribution in [3.8, 4) is 22.5 Å². The number of rotatable bonds is 1. The molecule has 1 aliphatic rings. The first kappa shape index (κ1) is 10.5. The van der Waals surface area contributed by atoms with E-state index >= 15 is 0 Å². The molecule has 0 saturated carbocycles. The number of hydrogen-bond acceptors (Lipinski definition) is 2. The van der Waals surface area contributed by atoms with Gasteiger partial charge in [-0.2, -0.15) is 0 Å².